The van der Waals surface area contributed by atoms with Crippen LogP contribution in [0.4, 0.5) is 0 Å². The molecule has 2 saturated heterocycles. The standard InChI is InChI=1S/C43H46N6O11S2/c1-24-19-25(30-21-48(2)41(54)29-20-34(61-38(29)30)39(44)46-26-14-17-62(57,58)18-15-26)10-12-32(24)60-23-36(52)45-16-5-3-4-7-27(50)22-59-33-9-6-8-28-37(33)43(56)49(42(28)55)31-11-13-35(51)47-40(31)53/h6,8-10,12,19-21,26,31H,3-5,7,11,13-18,22-23H2,1-2H3,(H2,44,46)(H,45,52)(H,47,51,53). The van der Waals surface area contributed by atoms with Crippen LogP contribution in [0.15, 0.2) is 58.4 Å². The molecule has 17 nitrogen and oxygen atoms in total. The molecule has 1 unspecified atom stereocenters. The van der Waals surface area contributed by atoms with Gasteiger partial charge in [-0.3, -0.25) is 48.8 Å². The number of hydrogen-bond acceptors (Lipinski definition) is 13. The molecule has 2 fully saturated rings. The third-order valence-corrected chi connectivity index (χ3v) is 14.0. The largest absolute Gasteiger partial charge is 0.485 e. The minimum Gasteiger partial charge on any atom is -0.485 e. The molecule has 5 heterocycles. The minimum absolute atomic E-state index is 0.000571. The first-order chi connectivity index (χ1) is 29.6. The van der Waals surface area contributed by atoms with E-state index in [4.69, 9.17) is 15.2 Å². The Morgan fingerprint density at radius 1 is 0.935 bits per heavy atom. The molecule has 7 rings (SSSR count). The monoisotopic (exact) mass is 886 g/mol. The molecular formula is C43H46N6O11S2. The fourth-order valence-corrected chi connectivity index (χ4v) is 10.3. The van der Waals surface area contributed by atoms with Crippen LogP contribution in [-0.4, -0.2) is 102 Å². The Balaban J connectivity index is 0.847. The van der Waals surface area contributed by atoms with Gasteiger partial charge in [0.15, 0.2) is 12.4 Å². The molecule has 19 heteroatoms. The Morgan fingerprint density at radius 3 is 2.44 bits per heavy atom. The number of Topliss-reactive ketones (excluding diaryl/α,β-unsaturated/α-hetero) is 1. The highest BCUT2D eigenvalue weighted by molar-refractivity contribution is 7.91. The SMILES string of the molecule is Cc1cc(-c2cn(C)c(=O)c3cc(C(N)=NC4CCS(=O)(=O)CC4)sc23)ccc1OCC(=O)NCCCCCC(=O)COc1cccc2c1C(=O)N(C1CCC(=O)NC1=O)C2=O. The zero-order chi connectivity index (χ0) is 44.3. The van der Waals surface area contributed by atoms with Gasteiger partial charge in [0.2, 0.25) is 11.8 Å². The number of fused-ring (bicyclic) bond motifs is 2. The number of pyridine rings is 1. The van der Waals surface area contributed by atoms with Gasteiger partial charge in [0.25, 0.3) is 23.3 Å². The maximum Gasteiger partial charge on any atom is 0.266 e. The number of sulfone groups is 1. The summed E-state index contributed by atoms with van der Waals surface area (Å²) in [5.74, 6) is -2.08. The van der Waals surface area contributed by atoms with Crippen molar-refractivity contribution in [3.8, 4) is 22.6 Å². The van der Waals surface area contributed by atoms with Gasteiger partial charge in [-0.05, 0) is 80.5 Å². The van der Waals surface area contributed by atoms with E-state index in [9.17, 15) is 42.0 Å². The number of aliphatic imine (C=N–C) groups is 1. The molecule has 0 bridgehead atoms. The third-order valence-electron chi connectivity index (χ3n) is 11.1. The number of piperidine rings is 1. The van der Waals surface area contributed by atoms with Gasteiger partial charge >= 0.3 is 0 Å². The smallest absolute Gasteiger partial charge is 0.266 e. The van der Waals surface area contributed by atoms with Gasteiger partial charge in [-0.15, -0.1) is 11.3 Å². The molecule has 2 aromatic heterocycles. The zero-order valence-corrected chi connectivity index (χ0v) is 35.8. The molecule has 4 N–H and O–H groups in total. The van der Waals surface area contributed by atoms with E-state index in [0.29, 0.717) is 54.7 Å². The lowest BCUT2D eigenvalue weighted by atomic mass is 10.0. The van der Waals surface area contributed by atoms with Crippen LogP contribution >= 0.6 is 11.3 Å². The van der Waals surface area contributed by atoms with E-state index in [-0.39, 0.29) is 90.0 Å². The van der Waals surface area contributed by atoms with Crippen molar-refractivity contribution in [1.82, 2.24) is 20.1 Å². The second-order valence-electron chi connectivity index (χ2n) is 15.6. The van der Waals surface area contributed by atoms with Crippen molar-refractivity contribution in [2.24, 2.45) is 17.8 Å². The predicted octanol–water partition coefficient (Wildman–Crippen LogP) is 2.96. The van der Waals surface area contributed by atoms with Gasteiger partial charge in [0.1, 0.15) is 39.8 Å². The van der Waals surface area contributed by atoms with Crippen molar-refractivity contribution in [1.29, 1.82) is 0 Å². The Morgan fingerprint density at radius 2 is 1.69 bits per heavy atom. The van der Waals surface area contributed by atoms with E-state index < -0.39 is 39.5 Å². The highest BCUT2D eigenvalue weighted by Gasteiger charge is 2.46. The zero-order valence-electron chi connectivity index (χ0n) is 34.2. The van der Waals surface area contributed by atoms with Crippen LogP contribution in [0.2, 0.25) is 0 Å². The summed E-state index contributed by atoms with van der Waals surface area (Å²) >= 11 is 1.35. The van der Waals surface area contributed by atoms with Crippen LogP contribution in [0.25, 0.3) is 21.2 Å². The number of aromatic nitrogens is 1. The van der Waals surface area contributed by atoms with Crippen molar-refractivity contribution in [2.75, 3.05) is 31.3 Å². The summed E-state index contributed by atoms with van der Waals surface area (Å²) in [5, 5.41) is 5.48. The van der Waals surface area contributed by atoms with Crippen LogP contribution in [0.3, 0.4) is 0 Å². The Bertz CT molecular complexity index is 2690. The summed E-state index contributed by atoms with van der Waals surface area (Å²) in [6, 6.07) is 10.4. The molecule has 326 valence electrons. The number of ether oxygens (including phenoxy) is 2. The topological polar surface area (TPSA) is 243 Å². The number of ketones is 1. The Labute approximate surface area is 360 Å². The first kappa shape index (κ1) is 43.9. The fourth-order valence-electron chi connectivity index (χ4n) is 7.71. The van der Waals surface area contributed by atoms with Crippen molar-refractivity contribution in [3.63, 3.8) is 0 Å². The molecule has 0 radical (unpaired) electrons. The van der Waals surface area contributed by atoms with Crippen molar-refractivity contribution in [2.45, 2.75) is 70.4 Å². The molecule has 3 aliphatic heterocycles. The number of nitrogens with one attached hydrogen (secondary N) is 2. The number of rotatable bonds is 16. The van der Waals surface area contributed by atoms with Gasteiger partial charge in [-0.1, -0.05) is 18.6 Å². The lowest BCUT2D eigenvalue weighted by Gasteiger charge is -2.27. The number of carbonyl (C=O) groups excluding carboxylic acids is 6. The first-order valence-corrected chi connectivity index (χ1v) is 22.9. The average Bonchev–Trinajstić information content (AvgIpc) is 3.79. The highest BCUT2D eigenvalue weighted by Crippen LogP contribution is 2.36. The number of benzene rings is 2. The number of aryl methyl sites for hydroxylation is 2. The second kappa shape index (κ2) is 18.4. The van der Waals surface area contributed by atoms with Gasteiger partial charge < -0.3 is 25.1 Å². The number of nitrogens with zero attached hydrogens (tertiary/aromatic N) is 3. The van der Waals surface area contributed by atoms with Crippen LogP contribution in [0, 0.1) is 6.92 Å². The molecule has 5 amide bonds. The molecule has 0 saturated carbocycles. The van der Waals surface area contributed by atoms with E-state index in [1.54, 1.807) is 25.4 Å². The Kier molecular flexibility index (Phi) is 13.0. The summed E-state index contributed by atoms with van der Waals surface area (Å²) < 4.78 is 37.4. The lowest BCUT2D eigenvalue weighted by Crippen LogP contribution is -2.54. The van der Waals surface area contributed by atoms with E-state index in [2.05, 4.69) is 15.6 Å². The Hall–Kier alpha value is -6.21. The lowest BCUT2D eigenvalue weighted by molar-refractivity contribution is -0.136. The maximum atomic E-state index is 13.2. The molecule has 2 aromatic carbocycles. The molecule has 3 aliphatic rings. The number of carbonyl (C=O) groups is 6. The number of amidine groups is 1. The van der Waals surface area contributed by atoms with Gasteiger partial charge in [0, 0.05) is 42.9 Å². The normalized spacial score (nSPS) is 17.9. The van der Waals surface area contributed by atoms with Crippen LogP contribution in [0.1, 0.15) is 82.5 Å². The van der Waals surface area contributed by atoms with E-state index in [1.807, 2.05) is 19.1 Å². The second-order valence-corrected chi connectivity index (χ2v) is 18.9. The van der Waals surface area contributed by atoms with E-state index in [1.165, 1.54) is 34.1 Å². The molecule has 4 aromatic rings. The number of thiophene rings is 1. The van der Waals surface area contributed by atoms with Crippen LogP contribution in [0.5, 0.6) is 11.5 Å². The van der Waals surface area contributed by atoms with Gasteiger partial charge in [-0.25, -0.2) is 8.42 Å². The summed E-state index contributed by atoms with van der Waals surface area (Å²) in [4.78, 5) is 94.7. The third kappa shape index (κ3) is 9.63. The van der Waals surface area contributed by atoms with Crippen LogP contribution < -0.4 is 31.4 Å². The van der Waals surface area contributed by atoms with Gasteiger partial charge in [0.05, 0.1) is 38.9 Å². The first-order valence-electron chi connectivity index (χ1n) is 20.3. The van der Waals surface area contributed by atoms with E-state index in [0.717, 1.165) is 26.3 Å². The predicted molar refractivity (Wildman–Crippen MR) is 230 cm³/mol. The molecule has 62 heavy (non-hydrogen) atoms. The van der Waals surface area contributed by atoms with Crippen LogP contribution in [-0.2, 0) is 36.1 Å². The summed E-state index contributed by atoms with van der Waals surface area (Å²) in [6.07, 6.45) is 4.62. The number of imide groups is 2. The minimum atomic E-state index is -3.04. The fraction of sp³-hybridized carbons (Fsp3) is 0.395. The molecular weight excluding hydrogens is 841 g/mol. The summed E-state index contributed by atoms with van der Waals surface area (Å²) in [5.41, 5.74) is 8.66. The van der Waals surface area contributed by atoms with E-state index >= 15 is 0 Å². The number of unbranched alkanes of at least 4 members (excludes halogenated alkanes) is 2. The molecule has 1 atom stereocenters. The maximum absolute atomic E-state index is 13.2. The van der Waals surface area contributed by atoms with Gasteiger partial charge in [-0.2, -0.15) is 0 Å². The summed E-state index contributed by atoms with van der Waals surface area (Å²) in [6.45, 7) is 1.71. The van der Waals surface area contributed by atoms with Crippen molar-refractivity contribution >= 4 is 72.4 Å². The number of nitrogens with two attached hydrogens (primary N) is 1. The quantitative estimate of drug-likeness (QED) is 0.0637. The molecule has 0 aliphatic carbocycles. The average molecular weight is 887 g/mol. The van der Waals surface area contributed by atoms with Crippen molar-refractivity contribution in [3.05, 3.63) is 80.6 Å². The number of amides is 5. The molecule has 0 spiro atoms. The highest BCUT2D eigenvalue weighted by atomic mass is 32.2. The summed E-state index contributed by atoms with van der Waals surface area (Å²) in [7, 11) is -1.36. The number of hydrogen-bond donors (Lipinski definition) is 3. The van der Waals surface area contributed by atoms with Crippen molar-refractivity contribution < 1.29 is 46.7 Å².